The van der Waals surface area contributed by atoms with Crippen LogP contribution in [0.1, 0.15) is 16.1 Å². The fourth-order valence-electron chi connectivity index (χ4n) is 4.61. The zero-order valence-corrected chi connectivity index (χ0v) is 25.1. The van der Waals surface area contributed by atoms with Crippen LogP contribution in [-0.4, -0.2) is 106 Å². The first-order valence-corrected chi connectivity index (χ1v) is 13.9. The van der Waals surface area contributed by atoms with E-state index in [1.54, 1.807) is 19.2 Å². The van der Waals surface area contributed by atoms with Crippen molar-refractivity contribution < 1.29 is 14.3 Å². The van der Waals surface area contributed by atoms with Crippen LogP contribution >= 0.6 is 0 Å². The molecular weight excluding hydrogens is 532 g/mol. The van der Waals surface area contributed by atoms with Gasteiger partial charge in [0.2, 0.25) is 17.6 Å². The Bertz CT molecular complexity index is 1400. The summed E-state index contributed by atoms with van der Waals surface area (Å²) in [6, 6.07) is 12.9. The molecule has 1 fully saturated rings. The normalized spacial score (nSPS) is 13.5. The quantitative estimate of drug-likeness (QED) is 0.248. The van der Waals surface area contributed by atoms with Crippen LogP contribution in [0.3, 0.4) is 0 Å². The molecule has 0 spiro atoms. The highest BCUT2D eigenvalue weighted by Crippen LogP contribution is 2.38. The summed E-state index contributed by atoms with van der Waals surface area (Å²) in [4.78, 5) is 43.1. The first kappa shape index (κ1) is 30.5. The van der Waals surface area contributed by atoms with E-state index in [-0.39, 0.29) is 23.3 Å². The van der Waals surface area contributed by atoms with Crippen LogP contribution < -0.4 is 25.2 Å². The van der Waals surface area contributed by atoms with Crippen LogP contribution in [0, 0.1) is 0 Å². The van der Waals surface area contributed by atoms with E-state index >= 15 is 0 Å². The van der Waals surface area contributed by atoms with Crippen molar-refractivity contribution in [1.82, 2.24) is 19.8 Å². The largest absolute Gasteiger partial charge is 0.494 e. The maximum absolute atomic E-state index is 13.3. The highest BCUT2D eigenvalue weighted by molar-refractivity contribution is 6.08. The zero-order chi connectivity index (χ0) is 30.2. The third kappa shape index (κ3) is 7.62. The van der Waals surface area contributed by atoms with Gasteiger partial charge in [0.1, 0.15) is 11.4 Å². The van der Waals surface area contributed by atoms with Crippen molar-refractivity contribution in [3.63, 3.8) is 0 Å². The lowest BCUT2D eigenvalue weighted by atomic mass is 10.1. The molecule has 0 saturated carbocycles. The molecule has 0 radical (unpaired) electrons. The van der Waals surface area contributed by atoms with Gasteiger partial charge in [0, 0.05) is 69.8 Å². The Balaban J connectivity index is 1.56. The molecule has 2 aromatic carbocycles. The number of ketones is 1. The molecule has 11 nitrogen and oxygen atoms in total. The molecule has 1 amide bonds. The molecule has 2 N–H and O–H groups in total. The van der Waals surface area contributed by atoms with E-state index < -0.39 is 0 Å². The summed E-state index contributed by atoms with van der Waals surface area (Å²) in [6.45, 7) is 9.06. The molecule has 0 bridgehead atoms. The van der Waals surface area contributed by atoms with Gasteiger partial charge in [-0.05, 0) is 63.6 Å². The summed E-state index contributed by atoms with van der Waals surface area (Å²) >= 11 is 0. The van der Waals surface area contributed by atoms with Crippen molar-refractivity contribution >= 4 is 40.4 Å². The second-order valence-corrected chi connectivity index (χ2v) is 10.5. The Labute approximate surface area is 247 Å². The van der Waals surface area contributed by atoms with Crippen molar-refractivity contribution in [2.75, 3.05) is 95.0 Å². The molecule has 2 heterocycles. The number of amides is 1. The molecule has 3 aromatic rings. The number of nitrogens with one attached hydrogen (secondary N) is 2. The van der Waals surface area contributed by atoms with Gasteiger partial charge in [-0.3, -0.25) is 9.59 Å². The number of aromatic nitrogens is 2. The summed E-state index contributed by atoms with van der Waals surface area (Å²) in [5, 5.41) is 6.04. The second-order valence-electron chi connectivity index (χ2n) is 10.5. The first-order chi connectivity index (χ1) is 20.2. The van der Waals surface area contributed by atoms with Gasteiger partial charge in [-0.2, -0.15) is 0 Å². The smallest absolute Gasteiger partial charge is 0.247 e. The van der Waals surface area contributed by atoms with E-state index in [0.29, 0.717) is 22.7 Å². The van der Waals surface area contributed by atoms with E-state index in [9.17, 15) is 9.59 Å². The number of likely N-dealkylation sites (N-methyl/N-ethyl adjacent to an activating group) is 3. The van der Waals surface area contributed by atoms with Crippen molar-refractivity contribution in [3.05, 3.63) is 72.6 Å². The number of nitrogens with zero attached hydrogens (tertiary/aromatic N) is 6. The zero-order valence-electron chi connectivity index (χ0n) is 25.1. The number of anilines is 5. The topological polar surface area (TPSA) is 106 Å². The van der Waals surface area contributed by atoms with E-state index in [1.807, 2.05) is 56.4 Å². The average molecular weight is 573 g/mol. The number of piperazine rings is 1. The molecule has 1 aromatic heterocycles. The van der Waals surface area contributed by atoms with Gasteiger partial charge in [0.05, 0.1) is 24.2 Å². The summed E-state index contributed by atoms with van der Waals surface area (Å²) in [7, 11) is 9.65. The highest BCUT2D eigenvalue weighted by atomic mass is 16.5. The number of methoxy groups -OCH3 is 1. The summed E-state index contributed by atoms with van der Waals surface area (Å²) in [6.07, 6.45) is 2.76. The summed E-state index contributed by atoms with van der Waals surface area (Å²) in [5.74, 6) is 0.214. The molecule has 1 aliphatic heterocycles. The van der Waals surface area contributed by atoms with Crippen LogP contribution in [0.25, 0.3) is 0 Å². The van der Waals surface area contributed by atoms with Gasteiger partial charge in [0.15, 0.2) is 0 Å². The molecule has 222 valence electrons. The van der Waals surface area contributed by atoms with E-state index in [1.165, 1.54) is 12.3 Å². The second kappa shape index (κ2) is 13.9. The average Bonchev–Trinajstić information content (AvgIpc) is 3.00. The van der Waals surface area contributed by atoms with Gasteiger partial charge in [-0.25, -0.2) is 9.97 Å². The number of hydrogen-bond donors (Lipinski definition) is 2. The monoisotopic (exact) mass is 572 g/mol. The van der Waals surface area contributed by atoms with Crippen LogP contribution in [0.5, 0.6) is 5.75 Å². The fraction of sp³-hybridized carbons (Fsp3) is 0.355. The van der Waals surface area contributed by atoms with Crippen molar-refractivity contribution in [2.24, 2.45) is 0 Å². The van der Waals surface area contributed by atoms with Gasteiger partial charge >= 0.3 is 0 Å². The maximum Gasteiger partial charge on any atom is 0.247 e. The third-order valence-corrected chi connectivity index (χ3v) is 7.19. The predicted octanol–water partition coefficient (Wildman–Crippen LogP) is 3.33. The number of rotatable bonds is 12. The Morgan fingerprint density at radius 1 is 1.02 bits per heavy atom. The van der Waals surface area contributed by atoms with Crippen molar-refractivity contribution in [2.45, 2.75) is 0 Å². The van der Waals surface area contributed by atoms with Crippen LogP contribution in [0.2, 0.25) is 0 Å². The first-order valence-electron chi connectivity index (χ1n) is 13.9. The molecule has 0 atom stereocenters. The van der Waals surface area contributed by atoms with E-state index in [2.05, 4.69) is 48.9 Å². The minimum atomic E-state index is -0.337. The molecule has 11 heteroatoms. The number of carbonyl (C=O) groups is 2. The van der Waals surface area contributed by atoms with Crippen LogP contribution in [0.4, 0.5) is 28.7 Å². The SMILES string of the molecule is C=CC(=O)Nc1cc(Nc2nccc(C(=O)c3ccc(N4CCN(C)CC4)cc3)n2)c(OC)cc1N(C)CCN(C)C. The van der Waals surface area contributed by atoms with Crippen molar-refractivity contribution in [3.8, 4) is 5.75 Å². The Morgan fingerprint density at radius 3 is 2.38 bits per heavy atom. The highest BCUT2D eigenvalue weighted by Gasteiger charge is 2.19. The maximum atomic E-state index is 13.3. The van der Waals surface area contributed by atoms with Crippen LogP contribution in [-0.2, 0) is 4.79 Å². The molecule has 1 saturated heterocycles. The summed E-state index contributed by atoms with van der Waals surface area (Å²) < 4.78 is 5.67. The third-order valence-electron chi connectivity index (χ3n) is 7.19. The minimum absolute atomic E-state index is 0.200. The standard InChI is InChI=1S/C31H40N8O3/c1-7-29(40)33-25-20-26(28(42-6)21-27(25)38(5)17-14-36(2)3)35-31-32-13-12-24(34-31)30(41)22-8-10-23(11-9-22)39-18-15-37(4)16-19-39/h7-13,20-21H,1,14-19H2,2-6H3,(H,33,40)(H,32,34,35). The van der Waals surface area contributed by atoms with Crippen LogP contribution in [0.15, 0.2) is 61.3 Å². The lowest BCUT2D eigenvalue weighted by molar-refractivity contribution is -0.111. The Hall–Kier alpha value is -4.48. The lowest BCUT2D eigenvalue weighted by Crippen LogP contribution is -2.44. The molecular formula is C31H40N8O3. The van der Waals surface area contributed by atoms with Gasteiger partial charge < -0.3 is 35.0 Å². The molecule has 0 unspecified atom stereocenters. The van der Waals surface area contributed by atoms with Crippen molar-refractivity contribution in [1.29, 1.82) is 0 Å². The Morgan fingerprint density at radius 2 is 1.74 bits per heavy atom. The summed E-state index contributed by atoms with van der Waals surface area (Å²) in [5.41, 5.74) is 3.79. The number of carbonyl (C=O) groups excluding carboxylic acids is 2. The number of benzene rings is 2. The molecule has 1 aliphatic rings. The predicted molar refractivity (Wildman–Crippen MR) is 169 cm³/mol. The van der Waals surface area contributed by atoms with Gasteiger partial charge in [0.25, 0.3) is 0 Å². The van der Waals surface area contributed by atoms with Gasteiger partial charge in [-0.1, -0.05) is 6.58 Å². The number of hydrogen-bond acceptors (Lipinski definition) is 10. The van der Waals surface area contributed by atoms with E-state index in [4.69, 9.17) is 4.74 Å². The lowest BCUT2D eigenvalue weighted by Gasteiger charge is -2.34. The van der Waals surface area contributed by atoms with E-state index in [0.717, 1.165) is 50.6 Å². The Kier molecular flexibility index (Phi) is 10.1. The number of ether oxygens (including phenoxy) is 1. The molecule has 4 rings (SSSR count). The fourth-order valence-corrected chi connectivity index (χ4v) is 4.61. The minimum Gasteiger partial charge on any atom is -0.494 e. The molecule has 0 aliphatic carbocycles. The van der Waals surface area contributed by atoms with Gasteiger partial charge in [-0.15, -0.1) is 0 Å². The molecule has 42 heavy (non-hydrogen) atoms.